The third kappa shape index (κ3) is 3.28. The highest BCUT2D eigenvalue weighted by Gasteiger charge is 2.25. The van der Waals surface area contributed by atoms with Crippen LogP contribution in [0.25, 0.3) is 0 Å². The van der Waals surface area contributed by atoms with Gasteiger partial charge < -0.3 is 10.6 Å². The molecule has 0 radical (unpaired) electrons. The summed E-state index contributed by atoms with van der Waals surface area (Å²) in [6.45, 7) is 3.51. The summed E-state index contributed by atoms with van der Waals surface area (Å²) in [6.07, 6.45) is 0.946. The molecular formula is C18H20N2OS. The van der Waals surface area contributed by atoms with Gasteiger partial charge in [-0.3, -0.25) is 4.79 Å². The zero-order valence-electron chi connectivity index (χ0n) is 12.7. The lowest BCUT2D eigenvalue weighted by atomic mass is 10.00. The number of rotatable bonds is 3. The van der Waals surface area contributed by atoms with Crippen LogP contribution in [-0.4, -0.2) is 22.6 Å². The number of nitrogens with two attached hydrogens (primary N) is 1. The molecule has 3 nitrogen and oxygen atoms in total. The van der Waals surface area contributed by atoms with Crippen LogP contribution in [0.1, 0.15) is 18.1 Å². The second kappa shape index (κ2) is 6.44. The Bertz CT molecular complexity index is 669. The Morgan fingerprint density at radius 1 is 1.14 bits per heavy atom. The Labute approximate surface area is 135 Å². The molecule has 0 aromatic heterocycles. The van der Waals surface area contributed by atoms with Crippen molar-refractivity contribution in [2.75, 3.05) is 12.3 Å². The fourth-order valence-corrected chi connectivity index (χ4v) is 3.69. The molecule has 2 N–H and O–H groups in total. The molecule has 0 fully saturated rings. The van der Waals surface area contributed by atoms with Crippen LogP contribution >= 0.6 is 11.8 Å². The predicted octanol–water partition coefficient (Wildman–Crippen LogP) is 3.33. The van der Waals surface area contributed by atoms with E-state index in [0.717, 1.165) is 30.1 Å². The van der Waals surface area contributed by atoms with Gasteiger partial charge in [-0.25, -0.2) is 0 Å². The van der Waals surface area contributed by atoms with Crippen molar-refractivity contribution in [2.24, 2.45) is 0 Å². The van der Waals surface area contributed by atoms with E-state index >= 15 is 0 Å². The average Bonchev–Trinajstić information content (AvgIpc) is 2.55. The average molecular weight is 312 g/mol. The molecule has 0 bridgehead atoms. The van der Waals surface area contributed by atoms with Crippen LogP contribution < -0.4 is 5.73 Å². The standard InChI is InChI=1S/C18H20N2OS/c1-13(22-17-8-6-16(19)7-9-17)18(21)20-11-10-14-4-2-3-5-15(14)12-20/h2-9,13H,10-12,19H2,1H3. The van der Waals surface area contributed by atoms with Crippen molar-refractivity contribution in [1.82, 2.24) is 4.90 Å². The summed E-state index contributed by atoms with van der Waals surface area (Å²) in [5, 5.41) is -0.0890. The Morgan fingerprint density at radius 3 is 2.55 bits per heavy atom. The van der Waals surface area contributed by atoms with Crippen molar-refractivity contribution >= 4 is 23.4 Å². The van der Waals surface area contributed by atoms with Gasteiger partial charge in [0.2, 0.25) is 5.91 Å². The number of carbonyl (C=O) groups is 1. The molecule has 22 heavy (non-hydrogen) atoms. The number of amides is 1. The van der Waals surface area contributed by atoms with Crippen LogP contribution in [-0.2, 0) is 17.8 Å². The van der Waals surface area contributed by atoms with Crippen molar-refractivity contribution in [3.63, 3.8) is 0 Å². The first kappa shape index (κ1) is 15.0. The van der Waals surface area contributed by atoms with Crippen LogP contribution in [0.3, 0.4) is 0 Å². The molecule has 1 atom stereocenters. The number of hydrogen-bond acceptors (Lipinski definition) is 3. The van der Waals surface area contributed by atoms with E-state index in [0.29, 0.717) is 0 Å². The number of thioether (sulfide) groups is 1. The van der Waals surface area contributed by atoms with Gasteiger partial charge in [0, 0.05) is 23.7 Å². The summed E-state index contributed by atoms with van der Waals surface area (Å²) in [4.78, 5) is 15.7. The number of nitrogen functional groups attached to an aromatic ring is 1. The SMILES string of the molecule is CC(Sc1ccc(N)cc1)C(=O)N1CCc2ccccc2C1. The third-order valence-electron chi connectivity index (χ3n) is 3.98. The smallest absolute Gasteiger partial charge is 0.236 e. The molecule has 1 unspecified atom stereocenters. The van der Waals surface area contributed by atoms with Gasteiger partial charge in [0.05, 0.1) is 5.25 Å². The molecule has 0 saturated heterocycles. The highest BCUT2D eigenvalue weighted by Crippen LogP contribution is 2.27. The normalized spacial score (nSPS) is 15.2. The summed E-state index contributed by atoms with van der Waals surface area (Å²) < 4.78 is 0. The van der Waals surface area contributed by atoms with Gasteiger partial charge in [0.1, 0.15) is 0 Å². The topological polar surface area (TPSA) is 46.3 Å². The van der Waals surface area contributed by atoms with Crippen LogP contribution in [0.15, 0.2) is 53.4 Å². The minimum absolute atomic E-state index is 0.0890. The minimum atomic E-state index is -0.0890. The molecule has 1 heterocycles. The van der Waals surface area contributed by atoms with E-state index in [1.54, 1.807) is 11.8 Å². The Hall–Kier alpha value is -1.94. The first-order valence-corrected chi connectivity index (χ1v) is 8.39. The number of carbonyl (C=O) groups excluding carboxylic acids is 1. The molecule has 1 aliphatic rings. The molecule has 0 spiro atoms. The number of benzene rings is 2. The van der Waals surface area contributed by atoms with Crippen molar-refractivity contribution in [3.05, 3.63) is 59.7 Å². The number of hydrogen-bond donors (Lipinski definition) is 1. The zero-order chi connectivity index (χ0) is 15.5. The highest BCUT2D eigenvalue weighted by molar-refractivity contribution is 8.00. The lowest BCUT2D eigenvalue weighted by Gasteiger charge is -2.30. The van der Waals surface area contributed by atoms with E-state index in [9.17, 15) is 4.79 Å². The maximum Gasteiger partial charge on any atom is 0.236 e. The van der Waals surface area contributed by atoms with Gasteiger partial charge in [-0.15, -0.1) is 11.8 Å². The molecule has 0 aliphatic carbocycles. The molecule has 114 valence electrons. The molecular weight excluding hydrogens is 292 g/mol. The second-order valence-corrected chi connectivity index (χ2v) is 7.02. The van der Waals surface area contributed by atoms with Crippen molar-refractivity contribution in [1.29, 1.82) is 0 Å². The van der Waals surface area contributed by atoms with Crippen LogP contribution in [0.5, 0.6) is 0 Å². The molecule has 2 aromatic rings. The minimum Gasteiger partial charge on any atom is -0.399 e. The number of nitrogens with zero attached hydrogens (tertiary/aromatic N) is 1. The van der Waals surface area contributed by atoms with Gasteiger partial charge in [-0.1, -0.05) is 24.3 Å². The van der Waals surface area contributed by atoms with E-state index in [-0.39, 0.29) is 11.2 Å². The second-order valence-electron chi connectivity index (χ2n) is 5.61. The maximum atomic E-state index is 12.7. The van der Waals surface area contributed by atoms with Crippen molar-refractivity contribution in [3.8, 4) is 0 Å². The summed E-state index contributed by atoms with van der Waals surface area (Å²) in [7, 11) is 0. The molecule has 1 amide bonds. The third-order valence-corrected chi connectivity index (χ3v) is 5.08. The fraction of sp³-hybridized carbons (Fsp3) is 0.278. The lowest BCUT2D eigenvalue weighted by Crippen LogP contribution is -2.40. The number of fused-ring (bicyclic) bond motifs is 1. The van der Waals surface area contributed by atoms with E-state index < -0.39 is 0 Å². The Kier molecular flexibility index (Phi) is 4.39. The Morgan fingerprint density at radius 2 is 1.82 bits per heavy atom. The van der Waals surface area contributed by atoms with Crippen molar-refractivity contribution in [2.45, 2.75) is 30.0 Å². The largest absolute Gasteiger partial charge is 0.399 e. The van der Waals surface area contributed by atoms with E-state index in [1.165, 1.54) is 11.1 Å². The Balaban J connectivity index is 1.65. The monoisotopic (exact) mass is 312 g/mol. The molecule has 2 aromatic carbocycles. The van der Waals surface area contributed by atoms with Gasteiger partial charge in [0.25, 0.3) is 0 Å². The first-order valence-electron chi connectivity index (χ1n) is 7.51. The van der Waals surface area contributed by atoms with Gasteiger partial charge in [-0.05, 0) is 48.7 Å². The molecule has 4 heteroatoms. The lowest BCUT2D eigenvalue weighted by molar-refractivity contribution is -0.131. The van der Waals surface area contributed by atoms with Gasteiger partial charge in [0.15, 0.2) is 0 Å². The van der Waals surface area contributed by atoms with Gasteiger partial charge in [-0.2, -0.15) is 0 Å². The molecule has 1 aliphatic heterocycles. The van der Waals surface area contributed by atoms with Crippen molar-refractivity contribution < 1.29 is 4.79 Å². The van der Waals surface area contributed by atoms with Crippen LogP contribution in [0.2, 0.25) is 0 Å². The summed E-state index contributed by atoms with van der Waals surface area (Å²) in [5.74, 6) is 0.205. The number of anilines is 1. The highest BCUT2D eigenvalue weighted by atomic mass is 32.2. The van der Waals surface area contributed by atoms with E-state index in [4.69, 9.17) is 5.73 Å². The van der Waals surface area contributed by atoms with Gasteiger partial charge >= 0.3 is 0 Å². The zero-order valence-corrected chi connectivity index (χ0v) is 13.5. The molecule has 0 saturated carbocycles. The van der Waals surface area contributed by atoms with Crippen LogP contribution in [0, 0.1) is 0 Å². The van der Waals surface area contributed by atoms with Crippen LogP contribution in [0.4, 0.5) is 5.69 Å². The predicted molar refractivity (Wildman–Crippen MR) is 91.7 cm³/mol. The summed E-state index contributed by atoms with van der Waals surface area (Å²) in [6, 6.07) is 16.1. The fourth-order valence-electron chi connectivity index (χ4n) is 2.74. The first-order chi connectivity index (χ1) is 10.6. The summed E-state index contributed by atoms with van der Waals surface area (Å²) >= 11 is 1.59. The summed E-state index contributed by atoms with van der Waals surface area (Å²) in [5.41, 5.74) is 9.08. The van der Waals surface area contributed by atoms with E-state index in [2.05, 4.69) is 18.2 Å². The maximum absolute atomic E-state index is 12.7. The van der Waals surface area contributed by atoms with E-state index in [1.807, 2.05) is 42.2 Å². The quantitative estimate of drug-likeness (QED) is 0.698. The molecule has 3 rings (SSSR count).